The largest absolute Gasteiger partial charge is 0.490 e. The molecule has 1 aromatic rings. The molecule has 21 heavy (non-hydrogen) atoms. The first-order valence-electron chi connectivity index (χ1n) is 7.91. The van der Waals surface area contributed by atoms with Gasteiger partial charge in [0.25, 0.3) is 0 Å². The summed E-state index contributed by atoms with van der Waals surface area (Å²) in [6.45, 7) is 2.82. The Labute approximate surface area is 131 Å². The van der Waals surface area contributed by atoms with Gasteiger partial charge in [-0.05, 0) is 49.0 Å². The van der Waals surface area contributed by atoms with Crippen LogP contribution in [0.2, 0.25) is 0 Å². The Morgan fingerprint density at radius 3 is 2.95 bits per heavy atom. The van der Waals surface area contributed by atoms with E-state index in [1.165, 1.54) is 11.5 Å². The fourth-order valence-corrected chi connectivity index (χ4v) is 4.48. The molecule has 116 valence electrons. The predicted octanol–water partition coefficient (Wildman–Crippen LogP) is 3.53. The lowest BCUT2D eigenvalue weighted by atomic mass is 9.86. The smallest absolute Gasteiger partial charge is 0.120 e. The highest BCUT2D eigenvalue weighted by atomic mass is 32.2. The zero-order chi connectivity index (χ0) is 14.7. The molecule has 3 nitrogen and oxygen atoms in total. The molecule has 0 bridgehead atoms. The second kappa shape index (κ2) is 6.59. The van der Waals surface area contributed by atoms with Gasteiger partial charge in [-0.1, -0.05) is 12.1 Å². The predicted molar refractivity (Wildman–Crippen MR) is 87.9 cm³/mol. The normalized spacial score (nSPS) is 26.5. The van der Waals surface area contributed by atoms with Crippen molar-refractivity contribution in [3.63, 3.8) is 0 Å². The Morgan fingerprint density at radius 1 is 1.38 bits per heavy atom. The fourth-order valence-electron chi connectivity index (χ4n) is 3.24. The van der Waals surface area contributed by atoms with E-state index in [1.54, 1.807) is 0 Å². The topological polar surface area (TPSA) is 44.5 Å². The van der Waals surface area contributed by atoms with Crippen molar-refractivity contribution in [3.05, 3.63) is 29.8 Å². The van der Waals surface area contributed by atoms with Crippen LogP contribution in [-0.4, -0.2) is 29.8 Å². The maximum atomic E-state index is 6.23. The van der Waals surface area contributed by atoms with Crippen LogP contribution in [0.1, 0.15) is 44.2 Å². The number of hydrogen-bond acceptors (Lipinski definition) is 4. The summed E-state index contributed by atoms with van der Waals surface area (Å²) in [5.74, 6) is 3.37. The van der Waals surface area contributed by atoms with E-state index in [9.17, 15) is 0 Å². The van der Waals surface area contributed by atoms with Gasteiger partial charge in [-0.25, -0.2) is 0 Å². The Hall–Kier alpha value is -0.710. The highest BCUT2D eigenvalue weighted by Gasteiger charge is 2.39. The Balaban J connectivity index is 1.65. The first-order chi connectivity index (χ1) is 10.2. The summed E-state index contributed by atoms with van der Waals surface area (Å²) in [4.78, 5) is 0. The van der Waals surface area contributed by atoms with Gasteiger partial charge in [0.1, 0.15) is 11.9 Å². The standard InChI is InChI=1S/C17H25NO2S/c1-13(18)14-3-2-4-15(11-14)20-16-5-8-19-17(12-16)6-9-21-10-7-17/h2-4,11,13,16H,5-10,12,18H2,1H3/t13-,16?/m1/s1. The number of rotatable bonds is 3. The van der Waals surface area contributed by atoms with E-state index in [-0.39, 0.29) is 17.7 Å². The Bertz CT molecular complexity index is 466. The van der Waals surface area contributed by atoms with E-state index < -0.39 is 0 Å². The molecular weight excluding hydrogens is 282 g/mol. The first-order valence-corrected chi connectivity index (χ1v) is 9.06. The molecule has 2 N–H and O–H groups in total. The van der Waals surface area contributed by atoms with Crippen molar-refractivity contribution in [3.8, 4) is 5.75 Å². The van der Waals surface area contributed by atoms with Crippen molar-refractivity contribution in [2.75, 3.05) is 18.1 Å². The van der Waals surface area contributed by atoms with E-state index in [4.69, 9.17) is 15.2 Å². The lowest BCUT2D eigenvalue weighted by Gasteiger charge is -2.43. The third-order valence-corrected chi connectivity index (χ3v) is 5.52. The van der Waals surface area contributed by atoms with Gasteiger partial charge >= 0.3 is 0 Å². The summed E-state index contributed by atoms with van der Waals surface area (Å²) in [5.41, 5.74) is 7.15. The maximum absolute atomic E-state index is 6.23. The summed E-state index contributed by atoms with van der Waals surface area (Å²) in [7, 11) is 0. The van der Waals surface area contributed by atoms with Gasteiger partial charge in [-0.3, -0.25) is 0 Å². The molecule has 1 unspecified atom stereocenters. The molecule has 0 aromatic heterocycles. The van der Waals surface area contributed by atoms with Gasteiger partial charge in [0, 0.05) is 18.9 Å². The van der Waals surface area contributed by atoms with Crippen LogP contribution in [0.5, 0.6) is 5.75 Å². The number of ether oxygens (including phenoxy) is 2. The van der Waals surface area contributed by atoms with Crippen LogP contribution in [0.4, 0.5) is 0 Å². The minimum Gasteiger partial charge on any atom is -0.490 e. The van der Waals surface area contributed by atoms with E-state index in [2.05, 4.69) is 12.1 Å². The monoisotopic (exact) mass is 307 g/mol. The van der Waals surface area contributed by atoms with Crippen molar-refractivity contribution >= 4 is 11.8 Å². The molecule has 2 saturated heterocycles. The van der Waals surface area contributed by atoms with Crippen LogP contribution in [0, 0.1) is 0 Å². The van der Waals surface area contributed by atoms with E-state index >= 15 is 0 Å². The fraction of sp³-hybridized carbons (Fsp3) is 0.647. The Morgan fingerprint density at radius 2 is 2.19 bits per heavy atom. The molecule has 0 amide bonds. The van der Waals surface area contributed by atoms with Gasteiger partial charge in [0.05, 0.1) is 12.2 Å². The molecule has 2 atom stereocenters. The van der Waals surface area contributed by atoms with E-state index in [0.717, 1.165) is 43.6 Å². The van der Waals surface area contributed by atoms with Crippen LogP contribution in [0.3, 0.4) is 0 Å². The minimum absolute atomic E-state index is 0.0463. The molecule has 2 heterocycles. The zero-order valence-electron chi connectivity index (χ0n) is 12.7. The van der Waals surface area contributed by atoms with Gasteiger partial charge in [0.15, 0.2) is 0 Å². The van der Waals surface area contributed by atoms with Crippen LogP contribution in [0.15, 0.2) is 24.3 Å². The second-order valence-corrected chi connectivity index (χ2v) is 7.46. The molecule has 1 spiro atoms. The van der Waals surface area contributed by atoms with Crippen LogP contribution in [0.25, 0.3) is 0 Å². The number of benzene rings is 1. The molecule has 4 heteroatoms. The average molecular weight is 307 g/mol. The van der Waals surface area contributed by atoms with Crippen molar-refractivity contribution < 1.29 is 9.47 Å². The number of nitrogens with two attached hydrogens (primary N) is 1. The average Bonchev–Trinajstić information content (AvgIpc) is 2.48. The van der Waals surface area contributed by atoms with Gasteiger partial charge < -0.3 is 15.2 Å². The molecule has 2 aliphatic heterocycles. The highest BCUT2D eigenvalue weighted by Crippen LogP contribution is 2.38. The molecule has 2 aliphatic rings. The third kappa shape index (κ3) is 3.74. The van der Waals surface area contributed by atoms with Crippen molar-refractivity contribution in [2.24, 2.45) is 5.73 Å². The maximum Gasteiger partial charge on any atom is 0.120 e. The van der Waals surface area contributed by atoms with Crippen molar-refractivity contribution in [1.82, 2.24) is 0 Å². The van der Waals surface area contributed by atoms with Crippen LogP contribution in [-0.2, 0) is 4.74 Å². The van der Waals surface area contributed by atoms with Crippen LogP contribution < -0.4 is 10.5 Å². The summed E-state index contributed by atoms with van der Waals surface area (Å²) in [6, 6.07) is 8.24. The number of hydrogen-bond donors (Lipinski definition) is 1. The third-order valence-electron chi connectivity index (χ3n) is 4.54. The van der Waals surface area contributed by atoms with Crippen molar-refractivity contribution in [1.29, 1.82) is 0 Å². The first kappa shape index (κ1) is 15.2. The number of thioether (sulfide) groups is 1. The lowest BCUT2D eigenvalue weighted by molar-refractivity contribution is -0.116. The minimum atomic E-state index is 0.0463. The summed E-state index contributed by atoms with van der Waals surface area (Å²) in [5, 5.41) is 0. The van der Waals surface area contributed by atoms with E-state index in [1.807, 2.05) is 30.8 Å². The summed E-state index contributed by atoms with van der Waals surface area (Å²) in [6.07, 6.45) is 4.60. The van der Waals surface area contributed by atoms with Crippen molar-refractivity contribution in [2.45, 2.75) is 50.4 Å². The van der Waals surface area contributed by atoms with Gasteiger partial charge in [-0.2, -0.15) is 11.8 Å². The SMILES string of the molecule is C[C@@H](N)c1cccc(OC2CCOC3(CCSCC3)C2)c1. The molecule has 0 saturated carbocycles. The second-order valence-electron chi connectivity index (χ2n) is 6.24. The quantitative estimate of drug-likeness (QED) is 0.928. The molecule has 1 aromatic carbocycles. The Kier molecular flexibility index (Phi) is 4.77. The molecule has 0 aliphatic carbocycles. The summed E-state index contributed by atoms with van der Waals surface area (Å²) < 4.78 is 12.4. The summed E-state index contributed by atoms with van der Waals surface area (Å²) >= 11 is 2.04. The van der Waals surface area contributed by atoms with Gasteiger partial charge in [-0.15, -0.1) is 0 Å². The molecule has 0 radical (unpaired) electrons. The molecular formula is C17H25NO2S. The molecule has 3 rings (SSSR count). The highest BCUT2D eigenvalue weighted by molar-refractivity contribution is 7.99. The molecule has 2 fully saturated rings. The zero-order valence-corrected chi connectivity index (χ0v) is 13.5. The van der Waals surface area contributed by atoms with E-state index in [0.29, 0.717) is 0 Å². The van der Waals surface area contributed by atoms with Crippen LogP contribution >= 0.6 is 11.8 Å². The van der Waals surface area contributed by atoms with Gasteiger partial charge in [0.2, 0.25) is 0 Å². The lowest BCUT2D eigenvalue weighted by Crippen LogP contribution is -2.46.